The number of nitrogens with one attached hydrogen (secondary N) is 1. The van der Waals surface area contributed by atoms with Gasteiger partial charge in [-0.15, -0.1) is 5.10 Å². The Labute approximate surface area is 153 Å². The van der Waals surface area contributed by atoms with E-state index in [9.17, 15) is 22.7 Å². The van der Waals surface area contributed by atoms with Gasteiger partial charge in [-0.05, 0) is 49.5 Å². The number of phenolic OH excluding ortho intramolecular Hbond substituents is 1. The normalized spacial score (nSPS) is 16.5. The zero-order valence-corrected chi connectivity index (χ0v) is 15.5. The molecule has 1 fully saturated rings. The first-order chi connectivity index (χ1) is 12.3. The second-order valence-electron chi connectivity index (χ2n) is 5.90. The molecule has 1 saturated heterocycles. The molecule has 140 valence electrons. The largest absolute Gasteiger partial charge is 0.506 e. The Hall–Kier alpha value is -2.11. The van der Waals surface area contributed by atoms with Crippen LogP contribution >= 0.6 is 11.5 Å². The number of benzene rings is 1. The van der Waals surface area contributed by atoms with Crippen LogP contribution in [0.5, 0.6) is 5.75 Å². The minimum atomic E-state index is -3.84. The lowest BCUT2D eigenvalue weighted by Crippen LogP contribution is -2.39. The fraction of sp³-hybridized carbons (Fsp3) is 0.400. The molecule has 1 amide bonds. The van der Waals surface area contributed by atoms with E-state index in [-0.39, 0.29) is 47.1 Å². The molecule has 2 heterocycles. The summed E-state index contributed by atoms with van der Waals surface area (Å²) in [5.74, 6) is -0.810. The Morgan fingerprint density at radius 2 is 2.08 bits per heavy atom. The molecular weight excluding hydrogens is 383 g/mol. The molecule has 1 aromatic heterocycles. The van der Waals surface area contributed by atoms with E-state index in [1.807, 2.05) is 0 Å². The third-order valence-corrected chi connectivity index (χ3v) is 6.82. The number of sulfonamides is 1. The number of anilines is 1. The first kappa shape index (κ1) is 18.7. The van der Waals surface area contributed by atoms with Crippen molar-refractivity contribution in [3.63, 3.8) is 0 Å². The summed E-state index contributed by atoms with van der Waals surface area (Å²) in [4.78, 5) is 12.4. The summed E-state index contributed by atoms with van der Waals surface area (Å²) < 4.78 is 43.6. The minimum Gasteiger partial charge on any atom is -0.506 e. The van der Waals surface area contributed by atoms with Gasteiger partial charge < -0.3 is 10.4 Å². The van der Waals surface area contributed by atoms with E-state index in [4.69, 9.17) is 0 Å². The number of halogens is 1. The average molecular weight is 400 g/mol. The molecule has 1 aromatic carbocycles. The van der Waals surface area contributed by atoms with E-state index in [0.29, 0.717) is 5.69 Å². The standard InChI is InChI=1S/C15H17FN4O4S2/c1-9-14(25-19-18-9)15(22)17-12-8-11(2-3-13(12)21)26(23,24)20-6-4-10(16)5-7-20/h2-3,8,10,21H,4-7H2,1H3,(H,17,22). The summed E-state index contributed by atoms with van der Waals surface area (Å²) >= 11 is 0.899. The number of carbonyl (C=O) groups is 1. The zero-order valence-electron chi connectivity index (χ0n) is 13.8. The van der Waals surface area contributed by atoms with Gasteiger partial charge in [0.1, 0.15) is 16.8 Å². The summed E-state index contributed by atoms with van der Waals surface area (Å²) in [5.41, 5.74) is 0.397. The summed E-state index contributed by atoms with van der Waals surface area (Å²) in [6.07, 6.45) is -0.690. The molecule has 2 aromatic rings. The number of phenols is 1. The monoisotopic (exact) mass is 400 g/mol. The smallest absolute Gasteiger partial charge is 0.269 e. The molecule has 0 bridgehead atoms. The number of nitrogens with zero attached hydrogens (tertiary/aromatic N) is 3. The number of aromatic nitrogens is 2. The van der Waals surface area contributed by atoms with Crippen molar-refractivity contribution in [1.82, 2.24) is 13.9 Å². The molecule has 11 heteroatoms. The molecule has 0 radical (unpaired) electrons. The Morgan fingerprint density at radius 1 is 1.38 bits per heavy atom. The van der Waals surface area contributed by atoms with Gasteiger partial charge in [-0.25, -0.2) is 12.8 Å². The fourth-order valence-corrected chi connectivity index (χ4v) is 4.66. The summed E-state index contributed by atoms with van der Waals surface area (Å²) in [6.45, 7) is 1.81. The Kier molecular flexibility index (Phi) is 5.21. The highest BCUT2D eigenvalue weighted by molar-refractivity contribution is 7.89. The Bertz CT molecular complexity index is 923. The molecule has 2 N–H and O–H groups in total. The van der Waals surface area contributed by atoms with Gasteiger partial charge in [-0.3, -0.25) is 4.79 Å². The number of hydrogen-bond donors (Lipinski definition) is 2. The van der Waals surface area contributed by atoms with Crippen LogP contribution in [0.1, 0.15) is 28.2 Å². The van der Waals surface area contributed by atoms with Crippen molar-refractivity contribution in [2.24, 2.45) is 0 Å². The van der Waals surface area contributed by atoms with Gasteiger partial charge in [0.05, 0.1) is 16.3 Å². The van der Waals surface area contributed by atoms with Crippen LogP contribution in [-0.4, -0.2) is 52.6 Å². The third kappa shape index (κ3) is 3.69. The maximum absolute atomic E-state index is 13.3. The quantitative estimate of drug-likeness (QED) is 0.759. The number of amides is 1. The first-order valence-electron chi connectivity index (χ1n) is 7.86. The van der Waals surface area contributed by atoms with Crippen molar-refractivity contribution < 1.29 is 22.7 Å². The lowest BCUT2D eigenvalue weighted by Gasteiger charge is -2.28. The molecule has 1 aliphatic heterocycles. The highest BCUT2D eigenvalue weighted by atomic mass is 32.2. The van der Waals surface area contributed by atoms with E-state index in [1.54, 1.807) is 6.92 Å². The van der Waals surface area contributed by atoms with Gasteiger partial charge in [0.2, 0.25) is 10.0 Å². The fourth-order valence-electron chi connectivity index (χ4n) is 2.61. The van der Waals surface area contributed by atoms with E-state index < -0.39 is 22.1 Å². The minimum absolute atomic E-state index is 0.0377. The molecule has 0 saturated carbocycles. The number of rotatable bonds is 4. The highest BCUT2D eigenvalue weighted by Gasteiger charge is 2.30. The molecule has 0 unspecified atom stereocenters. The van der Waals surface area contributed by atoms with Crippen molar-refractivity contribution in [3.05, 3.63) is 28.8 Å². The van der Waals surface area contributed by atoms with Crippen LogP contribution in [0.25, 0.3) is 0 Å². The predicted octanol–water partition coefficient (Wildman–Crippen LogP) is 1.93. The first-order valence-corrected chi connectivity index (χ1v) is 10.1. The SMILES string of the molecule is Cc1nnsc1C(=O)Nc1cc(S(=O)(=O)N2CCC(F)CC2)ccc1O. The van der Waals surface area contributed by atoms with Gasteiger partial charge >= 0.3 is 0 Å². The molecule has 0 spiro atoms. The van der Waals surface area contributed by atoms with Crippen LogP contribution in [0.2, 0.25) is 0 Å². The topological polar surface area (TPSA) is 112 Å². The number of carbonyl (C=O) groups excluding carboxylic acids is 1. The van der Waals surface area contributed by atoms with E-state index in [2.05, 4.69) is 14.9 Å². The third-order valence-electron chi connectivity index (χ3n) is 4.10. The lowest BCUT2D eigenvalue weighted by atomic mass is 10.1. The van der Waals surface area contributed by atoms with Crippen LogP contribution < -0.4 is 5.32 Å². The zero-order chi connectivity index (χ0) is 18.9. The number of alkyl halides is 1. The summed E-state index contributed by atoms with van der Waals surface area (Å²) in [7, 11) is -3.84. The molecule has 0 atom stereocenters. The van der Waals surface area contributed by atoms with Crippen LogP contribution in [0, 0.1) is 6.92 Å². The molecule has 1 aliphatic rings. The van der Waals surface area contributed by atoms with Crippen molar-refractivity contribution in [2.75, 3.05) is 18.4 Å². The number of hydrogen-bond acceptors (Lipinski definition) is 7. The van der Waals surface area contributed by atoms with Crippen molar-refractivity contribution in [1.29, 1.82) is 0 Å². The molecule has 8 nitrogen and oxygen atoms in total. The Morgan fingerprint density at radius 3 is 2.69 bits per heavy atom. The molecule has 0 aliphatic carbocycles. The van der Waals surface area contributed by atoms with Crippen molar-refractivity contribution >= 4 is 33.2 Å². The number of aromatic hydroxyl groups is 1. The molecular formula is C15H17FN4O4S2. The molecule has 26 heavy (non-hydrogen) atoms. The number of piperidine rings is 1. The van der Waals surface area contributed by atoms with Crippen LogP contribution in [-0.2, 0) is 10.0 Å². The molecule has 3 rings (SSSR count). The lowest BCUT2D eigenvalue weighted by molar-refractivity contribution is 0.102. The van der Waals surface area contributed by atoms with Gasteiger partial charge in [-0.1, -0.05) is 4.49 Å². The van der Waals surface area contributed by atoms with Crippen molar-refractivity contribution in [2.45, 2.75) is 30.8 Å². The number of aryl methyl sites for hydroxylation is 1. The predicted molar refractivity (Wildman–Crippen MR) is 93.6 cm³/mol. The van der Waals surface area contributed by atoms with E-state index >= 15 is 0 Å². The van der Waals surface area contributed by atoms with Crippen LogP contribution in [0.3, 0.4) is 0 Å². The average Bonchev–Trinajstić information content (AvgIpc) is 3.03. The maximum Gasteiger partial charge on any atom is 0.269 e. The second-order valence-corrected chi connectivity index (χ2v) is 8.59. The van der Waals surface area contributed by atoms with Gasteiger partial charge in [0.15, 0.2) is 0 Å². The maximum atomic E-state index is 13.3. The van der Waals surface area contributed by atoms with Crippen LogP contribution in [0.4, 0.5) is 10.1 Å². The van der Waals surface area contributed by atoms with Gasteiger partial charge in [-0.2, -0.15) is 4.31 Å². The Balaban J connectivity index is 1.85. The van der Waals surface area contributed by atoms with E-state index in [1.165, 1.54) is 22.5 Å². The summed E-state index contributed by atoms with van der Waals surface area (Å²) in [5, 5.41) is 16.2. The van der Waals surface area contributed by atoms with Gasteiger partial charge in [0.25, 0.3) is 5.91 Å². The van der Waals surface area contributed by atoms with Gasteiger partial charge in [0, 0.05) is 13.1 Å². The van der Waals surface area contributed by atoms with Crippen LogP contribution in [0.15, 0.2) is 23.1 Å². The summed E-state index contributed by atoms with van der Waals surface area (Å²) in [6, 6.07) is 3.64. The second kappa shape index (κ2) is 7.25. The highest BCUT2D eigenvalue weighted by Crippen LogP contribution is 2.30. The van der Waals surface area contributed by atoms with E-state index in [0.717, 1.165) is 11.5 Å². The van der Waals surface area contributed by atoms with Crippen molar-refractivity contribution in [3.8, 4) is 5.75 Å².